The molecule has 0 bridgehead atoms. The Kier molecular flexibility index (Phi) is 2.77. The number of alkyl halides is 3. The van der Waals surface area contributed by atoms with Crippen molar-refractivity contribution in [2.75, 3.05) is 0 Å². The van der Waals surface area contributed by atoms with E-state index in [1.807, 2.05) is 0 Å². The van der Waals surface area contributed by atoms with Gasteiger partial charge in [-0.25, -0.2) is 0 Å². The maximum absolute atomic E-state index is 12.1. The minimum atomic E-state index is -4.25. The van der Waals surface area contributed by atoms with Gasteiger partial charge in [0.2, 0.25) is 0 Å². The van der Waals surface area contributed by atoms with Gasteiger partial charge in [-0.1, -0.05) is 34.2 Å². The van der Waals surface area contributed by atoms with Gasteiger partial charge in [0.25, 0.3) is 0 Å². The van der Waals surface area contributed by atoms with Crippen LogP contribution in [0, 0.1) is 0 Å². The van der Waals surface area contributed by atoms with Crippen molar-refractivity contribution in [3.8, 4) is 0 Å². The van der Waals surface area contributed by atoms with Crippen molar-refractivity contribution in [3.63, 3.8) is 0 Å². The molecule has 0 saturated carbocycles. The number of allylic oxidation sites excluding steroid dienone is 6. The van der Waals surface area contributed by atoms with Crippen LogP contribution in [-0.2, 0) is 0 Å². The van der Waals surface area contributed by atoms with E-state index in [1.165, 1.54) is 12.2 Å². The first-order valence-electron chi connectivity index (χ1n) is 3.30. The van der Waals surface area contributed by atoms with E-state index in [2.05, 4.69) is 15.9 Å². The van der Waals surface area contributed by atoms with Crippen molar-refractivity contribution >= 4 is 15.9 Å². The lowest BCUT2D eigenvalue weighted by atomic mass is 10.2. The van der Waals surface area contributed by atoms with Crippen LogP contribution in [0.3, 0.4) is 0 Å². The molecular formula is C8H6BrF3. The summed E-state index contributed by atoms with van der Waals surface area (Å²) in [7, 11) is 0. The molecule has 1 aliphatic carbocycles. The van der Waals surface area contributed by atoms with Gasteiger partial charge in [0.15, 0.2) is 0 Å². The van der Waals surface area contributed by atoms with Crippen molar-refractivity contribution < 1.29 is 13.2 Å². The molecule has 0 fully saturated rings. The predicted octanol–water partition coefficient (Wildman–Crippen LogP) is 3.71. The minimum Gasteiger partial charge on any atom is -0.166 e. The van der Waals surface area contributed by atoms with Gasteiger partial charge in [-0.2, -0.15) is 13.2 Å². The summed E-state index contributed by atoms with van der Waals surface area (Å²) in [6, 6.07) is 0. The topological polar surface area (TPSA) is 0 Å². The molecule has 0 unspecified atom stereocenters. The fourth-order valence-electron chi connectivity index (χ4n) is 0.791. The number of hydrogen-bond donors (Lipinski definition) is 0. The highest BCUT2D eigenvalue weighted by Crippen LogP contribution is 2.29. The van der Waals surface area contributed by atoms with Gasteiger partial charge in [-0.3, -0.25) is 0 Å². The molecule has 0 heterocycles. The Morgan fingerprint density at radius 2 is 1.92 bits per heavy atom. The van der Waals surface area contributed by atoms with Gasteiger partial charge in [0.1, 0.15) is 0 Å². The van der Waals surface area contributed by atoms with Crippen LogP contribution in [-0.4, -0.2) is 6.18 Å². The van der Waals surface area contributed by atoms with Gasteiger partial charge in [-0.05, 0) is 17.0 Å². The molecule has 0 aromatic carbocycles. The van der Waals surface area contributed by atoms with Gasteiger partial charge in [0.05, 0.1) is 5.57 Å². The molecule has 0 aromatic heterocycles. The summed E-state index contributed by atoms with van der Waals surface area (Å²) in [6.45, 7) is 0. The summed E-state index contributed by atoms with van der Waals surface area (Å²) < 4.78 is 37.0. The molecule has 4 heteroatoms. The lowest BCUT2D eigenvalue weighted by Crippen LogP contribution is -2.09. The second-order valence-corrected chi connectivity index (χ2v) is 3.36. The number of halogens is 4. The molecule has 12 heavy (non-hydrogen) atoms. The highest BCUT2D eigenvalue weighted by atomic mass is 79.9. The van der Waals surface area contributed by atoms with Crippen LogP contribution in [0.4, 0.5) is 13.2 Å². The van der Waals surface area contributed by atoms with Gasteiger partial charge < -0.3 is 0 Å². The van der Waals surface area contributed by atoms with Crippen molar-refractivity contribution in [1.82, 2.24) is 0 Å². The molecular weight excluding hydrogens is 233 g/mol. The molecule has 0 aliphatic heterocycles. The Morgan fingerprint density at radius 3 is 2.50 bits per heavy atom. The van der Waals surface area contributed by atoms with Crippen molar-refractivity contribution in [2.24, 2.45) is 0 Å². The molecule has 66 valence electrons. The summed E-state index contributed by atoms with van der Waals surface area (Å²) >= 11 is 3.13. The fraction of sp³-hybridized carbons (Fsp3) is 0.250. The van der Waals surface area contributed by atoms with E-state index in [4.69, 9.17) is 0 Å². The minimum absolute atomic E-state index is 0.510. The van der Waals surface area contributed by atoms with E-state index in [9.17, 15) is 13.2 Å². The quantitative estimate of drug-likeness (QED) is 0.604. The molecule has 0 N–H and O–H groups in total. The molecule has 0 aromatic rings. The first-order chi connectivity index (χ1) is 5.50. The predicted molar refractivity (Wildman–Crippen MR) is 44.9 cm³/mol. The van der Waals surface area contributed by atoms with Crippen LogP contribution in [0.2, 0.25) is 0 Å². The fourth-order valence-corrected chi connectivity index (χ4v) is 1.11. The maximum Gasteiger partial charge on any atom is 0.416 e. The standard InChI is InChI=1S/C8H6BrF3/c9-7-3-1-2-6(4-5-7)8(10,11)12/h1-2,4-5H,3H2. The Morgan fingerprint density at radius 1 is 1.25 bits per heavy atom. The van der Waals surface area contributed by atoms with Gasteiger partial charge in [0, 0.05) is 0 Å². The number of hydrogen-bond acceptors (Lipinski definition) is 0. The number of rotatable bonds is 0. The summed E-state index contributed by atoms with van der Waals surface area (Å²) in [5.74, 6) is 0. The largest absolute Gasteiger partial charge is 0.416 e. The third kappa shape index (κ3) is 2.52. The van der Waals surface area contributed by atoms with E-state index < -0.39 is 11.7 Å². The summed E-state index contributed by atoms with van der Waals surface area (Å²) in [4.78, 5) is 0. The monoisotopic (exact) mass is 238 g/mol. The third-order valence-corrected chi connectivity index (χ3v) is 1.97. The zero-order chi connectivity index (χ0) is 9.19. The van der Waals surface area contributed by atoms with E-state index in [0.717, 1.165) is 16.6 Å². The summed E-state index contributed by atoms with van der Waals surface area (Å²) in [5, 5.41) is 0. The Balaban J connectivity index is 2.92. The normalized spacial score (nSPS) is 18.3. The van der Waals surface area contributed by atoms with Crippen LogP contribution in [0.15, 0.2) is 34.4 Å². The Labute approximate surface area is 76.6 Å². The van der Waals surface area contributed by atoms with Crippen LogP contribution in [0.25, 0.3) is 0 Å². The Hall–Kier alpha value is -0.510. The SMILES string of the molecule is FC(F)(F)C1=CC=C(Br)CC=C1. The van der Waals surface area contributed by atoms with Gasteiger partial charge in [-0.15, -0.1) is 0 Å². The summed E-state index contributed by atoms with van der Waals surface area (Å²) in [6.07, 6.45) is 1.31. The molecule has 0 nitrogen and oxygen atoms in total. The summed E-state index contributed by atoms with van der Waals surface area (Å²) in [5.41, 5.74) is -0.614. The van der Waals surface area contributed by atoms with Crippen molar-refractivity contribution in [2.45, 2.75) is 12.6 Å². The lowest BCUT2D eigenvalue weighted by molar-refractivity contribution is -0.0881. The molecule has 0 atom stereocenters. The second-order valence-electron chi connectivity index (χ2n) is 2.34. The lowest BCUT2D eigenvalue weighted by Gasteiger charge is -2.04. The average molecular weight is 239 g/mol. The van der Waals surface area contributed by atoms with E-state index in [1.54, 1.807) is 0 Å². The molecule has 1 rings (SSSR count). The van der Waals surface area contributed by atoms with E-state index >= 15 is 0 Å². The van der Waals surface area contributed by atoms with Crippen molar-refractivity contribution in [3.05, 3.63) is 34.4 Å². The van der Waals surface area contributed by atoms with Crippen LogP contribution < -0.4 is 0 Å². The average Bonchev–Trinajstić information content (AvgIpc) is 2.11. The van der Waals surface area contributed by atoms with Crippen molar-refractivity contribution in [1.29, 1.82) is 0 Å². The van der Waals surface area contributed by atoms with Crippen LogP contribution >= 0.6 is 15.9 Å². The maximum atomic E-state index is 12.1. The highest BCUT2D eigenvalue weighted by molar-refractivity contribution is 9.11. The van der Waals surface area contributed by atoms with E-state index in [-0.39, 0.29) is 0 Å². The highest BCUT2D eigenvalue weighted by Gasteiger charge is 2.31. The zero-order valence-electron chi connectivity index (χ0n) is 6.03. The first kappa shape index (κ1) is 9.58. The Bertz CT molecular complexity index is 258. The molecule has 0 saturated heterocycles. The smallest absolute Gasteiger partial charge is 0.166 e. The molecule has 0 amide bonds. The molecule has 0 radical (unpaired) electrons. The molecule has 1 aliphatic rings. The third-order valence-electron chi connectivity index (χ3n) is 1.38. The van der Waals surface area contributed by atoms with E-state index in [0.29, 0.717) is 6.42 Å². The molecule has 0 spiro atoms. The van der Waals surface area contributed by atoms with Gasteiger partial charge >= 0.3 is 6.18 Å². The zero-order valence-corrected chi connectivity index (χ0v) is 7.61. The first-order valence-corrected chi connectivity index (χ1v) is 4.09. The second kappa shape index (κ2) is 3.47. The van der Waals surface area contributed by atoms with Crippen LogP contribution in [0.5, 0.6) is 0 Å². The van der Waals surface area contributed by atoms with Crippen LogP contribution in [0.1, 0.15) is 6.42 Å².